The Labute approximate surface area is 155 Å². The lowest BCUT2D eigenvalue weighted by Crippen LogP contribution is -2.37. The molecule has 1 unspecified atom stereocenters. The van der Waals surface area contributed by atoms with Gasteiger partial charge >= 0.3 is 0 Å². The van der Waals surface area contributed by atoms with Gasteiger partial charge in [-0.1, -0.05) is 18.2 Å². The van der Waals surface area contributed by atoms with Gasteiger partial charge in [-0.2, -0.15) is 0 Å². The lowest BCUT2D eigenvalue weighted by molar-refractivity contribution is -0.112. The van der Waals surface area contributed by atoms with Crippen molar-refractivity contribution in [3.63, 3.8) is 0 Å². The van der Waals surface area contributed by atoms with E-state index in [0.717, 1.165) is 49.4 Å². The summed E-state index contributed by atoms with van der Waals surface area (Å²) in [5.74, 6) is 0.227. The fourth-order valence-corrected chi connectivity index (χ4v) is 4.18. The van der Waals surface area contributed by atoms with Crippen molar-refractivity contribution >= 4 is 17.1 Å². The van der Waals surface area contributed by atoms with E-state index < -0.39 is 0 Å². The molecule has 0 bridgehead atoms. The van der Waals surface area contributed by atoms with Gasteiger partial charge in [-0.3, -0.25) is 14.7 Å². The first-order valence-electron chi connectivity index (χ1n) is 9.65. The molecule has 0 saturated carbocycles. The van der Waals surface area contributed by atoms with Crippen molar-refractivity contribution in [3.05, 3.63) is 52.7 Å². The molecule has 4 heteroatoms. The average Bonchev–Trinajstić information content (AvgIpc) is 3.10. The highest BCUT2D eigenvalue weighted by molar-refractivity contribution is 6.29. The molecule has 3 aliphatic rings. The third kappa shape index (κ3) is 3.44. The molecule has 26 heavy (non-hydrogen) atoms. The standard InChI is InChI=1S/C22H27N3O/c1-15-9-19(24-12-15)11-20-21(26)10-17-5-3-6-18(22(17)20)14-25-8-4-7-23-13-16(25)2/h3,5-6,11-12,16,23H,4,7-10,13-14H2,1-2H3/b20-11+. The Morgan fingerprint density at radius 2 is 2.23 bits per heavy atom. The normalized spacial score (nSPS) is 25.2. The second-order valence-corrected chi connectivity index (χ2v) is 7.76. The SMILES string of the molecule is CC1=CN=C(/C=C2\C(=O)Cc3cccc(CN4CCCNCC4C)c32)C1. The molecule has 0 amide bonds. The molecule has 1 aliphatic carbocycles. The molecule has 0 aromatic heterocycles. The molecule has 0 spiro atoms. The molecule has 1 aromatic carbocycles. The van der Waals surface area contributed by atoms with Gasteiger partial charge in [0, 0.05) is 56.0 Å². The molecule has 1 saturated heterocycles. The molecule has 1 aromatic rings. The average molecular weight is 349 g/mol. The summed E-state index contributed by atoms with van der Waals surface area (Å²) in [5.41, 5.74) is 6.72. The number of hydrogen-bond acceptors (Lipinski definition) is 4. The fourth-order valence-electron chi connectivity index (χ4n) is 4.18. The van der Waals surface area contributed by atoms with E-state index in [-0.39, 0.29) is 5.78 Å². The van der Waals surface area contributed by atoms with Gasteiger partial charge in [0.25, 0.3) is 0 Å². The number of rotatable bonds is 3. The predicted octanol–water partition coefficient (Wildman–Crippen LogP) is 3.13. The fraction of sp³-hybridized carbons (Fsp3) is 0.455. The maximum Gasteiger partial charge on any atom is 0.167 e. The molecular formula is C22H27N3O. The minimum atomic E-state index is 0.227. The second kappa shape index (κ2) is 7.29. The van der Waals surface area contributed by atoms with Crippen molar-refractivity contribution in [1.82, 2.24) is 10.2 Å². The Hall–Kier alpha value is -2.04. The number of ketones is 1. The summed E-state index contributed by atoms with van der Waals surface area (Å²) < 4.78 is 0. The quantitative estimate of drug-likeness (QED) is 0.853. The van der Waals surface area contributed by atoms with Crippen molar-refractivity contribution in [2.75, 3.05) is 19.6 Å². The van der Waals surface area contributed by atoms with Gasteiger partial charge in [0.1, 0.15) is 0 Å². The zero-order chi connectivity index (χ0) is 18.1. The van der Waals surface area contributed by atoms with Crippen LogP contribution in [0.15, 0.2) is 41.0 Å². The van der Waals surface area contributed by atoms with Gasteiger partial charge in [-0.15, -0.1) is 0 Å². The van der Waals surface area contributed by atoms with Crippen LogP contribution in [0.3, 0.4) is 0 Å². The number of fused-ring (bicyclic) bond motifs is 1. The lowest BCUT2D eigenvalue weighted by atomic mass is 9.97. The first kappa shape index (κ1) is 17.4. The van der Waals surface area contributed by atoms with Crippen LogP contribution in [-0.2, 0) is 17.8 Å². The Kier molecular flexibility index (Phi) is 4.88. The number of hydrogen-bond donors (Lipinski definition) is 1. The van der Waals surface area contributed by atoms with Crippen molar-refractivity contribution < 1.29 is 4.79 Å². The van der Waals surface area contributed by atoms with Crippen LogP contribution < -0.4 is 5.32 Å². The molecule has 1 atom stereocenters. The highest BCUT2D eigenvalue weighted by atomic mass is 16.1. The van der Waals surface area contributed by atoms with Gasteiger partial charge in [0.05, 0.1) is 0 Å². The highest BCUT2D eigenvalue weighted by Gasteiger charge is 2.29. The molecule has 4 nitrogen and oxygen atoms in total. The Morgan fingerprint density at radius 1 is 1.35 bits per heavy atom. The number of carbonyl (C=O) groups is 1. The van der Waals surface area contributed by atoms with Crippen LogP contribution in [0.5, 0.6) is 0 Å². The first-order valence-corrected chi connectivity index (χ1v) is 9.65. The van der Waals surface area contributed by atoms with E-state index in [0.29, 0.717) is 12.5 Å². The molecule has 0 radical (unpaired) electrons. The molecule has 1 N–H and O–H groups in total. The number of aliphatic imine (C=N–C) groups is 1. The lowest BCUT2D eigenvalue weighted by Gasteiger charge is -2.27. The van der Waals surface area contributed by atoms with E-state index in [9.17, 15) is 4.79 Å². The molecular weight excluding hydrogens is 322 g/mol. The van der Waals surface area contributed by atoms with Crippen LogP contribution in [0.2, 0.25) is 0 Å². The number of nitrogens with zero attached hydrogens (tertiary/aromatic N) is 2. The van der Waals surface area contributed by atoms with Gasteiger partial charge in [-0.05, 0) is 55.2 Å². The van der Waals surface area contributed by atoms with E-state index in [1.54, 1.807) is 0 Å². The summed E-state index contributed by atoms with van der Waals surface area (Å²) in [6, 6.07) is 6.90. The second-order valence-electron chi connectivity index (χ2n) is 7.76. The highest BCUT2D eigenvalue weighted by Crippen LogP contribution is 2.34. The van der Waals surface area contributed by atoms with Gasteiger partial charge < -0.3 is 5.32 Å². The van der Waals surface area contributed by atoms with Crippen molar-refractivity contribution in [1.29, 1.82) is 0 Å². The minimum absolute atomic E-state index is 0.227. The zero-order valence-electron chi connectivity index (χ0n) is 15.7. The summed E-state index contributed by atoms with van der Waals surface area (Å²) in [4.78, 5) is 19.7. The van der Waals surface area contributed by atoms with Crippen LogP contribution in [0.25, 0.3) is 5.57 Å². The molecule has 1 fully saturated rings. The zero-order valence-corrected chi connectivity index (χ0v) is 15.7. The van der Waals surface area contributed by atoms with E-state index in [1.165, 1.54) is 23.1 Å². The predicted molar refractivity (Wildman–Crippen MR) is 106 cm³/mol. The van der Waals surface area contributed by atoms with Crippen LogP contribution in [0, 0.1) is 0 Å². The molecule has 136 valence electrons. The maximum absolute atomic E-state index is 12.7. The first-order chi connectivity index (χ1) is 12.6. The maximum atomic E-state index is 12.7. The Bertz CT molecular complexity index is 819. The molecule has 2 heterocycles. The topological polar surface area (TPSA) is 44.7 Å². The van der Waals surface area contributed by atoms with E-state index in [2.05, 4.69) is 47.3 Å². The number of Topliss-reactive ketones (excluding diaryl/α,β-unsaturated/α-hetero) is 1. The summed E-state index contributed by atoms with van der Waals surface area (Å²) in [6.45, 7) is 8.48. The monoisotopic (exact) mass is 349 g/mol. The van der Waals surface area contributed by atoms with Gasteiger partial charge in [0.2, 0.25) is 0 Å². The van der Waals surface area contributed by atoms with E-state index >= 15 is 0 Å². The third-order valence-corrected chi connectivity index (χ3v) is 5.61. The largest absolute Gasteiger partial charge is 0.315 e. The Balaban J connectivity index is 1.65. The van der Waals surface area contributed by atoms with Crippen LogP contribution >= 0.6 is 0 Å². The van der Waals surface area contributed by atoms with E-state index in [1.807, 2.05) is 12.3 Å². The van der Waals surface area contributed by atoms with Crippen LogP contribution in [-0.4, -0.2) is 42.1 Å². The molecule has 2 aliphatic heterocycles. The number of carbonyl (C=O) groups excluding carboxylic acids is 1. The third-order valence-electron chi connectivity index (χ3n) is 5.61. The minimum Gasteiger partial charge on any atom is -0.315 e. The smallest absolute Gasteiger partial charge is 0.167 e. The van der Waals surface area contributed by atoms with Crippen molar-refractivity contribution in [3.8, 4) is 0 Å². The molecule has 4 rings (SSSR count). The van der Waals surface area contributed by atoms with Crippen LogP contribution in [0.1, 0.15) is 43.4 Å². The van der Waals surface area contributed by atoms with E-state index in [4.69, 9.17) is 0 Å². The number of allylic oxidation sites excluding steroid dienone is 3. The summed E-state index contributed by atoms with van der Waals surface area (Å²) in [5, 5.41) is 3.50. The number of benzene rings is 1. The Morgan fingerprint density at radius 3 is 3.04 bits per heavy atom. The van der Waals surface area contributed by atoms with Gasteiger partial charge in [-0.25, -0.2) is 0 Å². The van der Waals surface area contributed by atoms with Gasteiger partial charge in [0.15, 0.2) is 5.78 Å². The summed E-state index contributed by atoms with van der Waals surface area (Å²) in [7, 11) is 0. The van der Waals surface area contributed by atoms with Crippen LogP contribution in [0.4, 0.5) is 0 Å². The number of nitrogens with one attached hydrogen (secondary N) is 1. The summed E-state index contributed by atoms with van der Waals surface area (Å²) in [6.07, 6.45) is 6.47. The summed E-state index contributed by atoms with van der Waals surface area (Å²) >= 11 is 0. The van der Waals surface area contributed by atoms with Crippen molar-refractivity contribution in [2.45, 2.75) is 45.7 Å². The van der Waals surface area contributed by atoms with Crippen molar-refractivity contribution in [2.24, 2.45) is 4.99 Å².